The smallest absolute Gasteiger partial charge is 0.225 e. The third kappa shape index (κ3) is 5.42. The van der Waals surface area contributed by atoms with Crippen molar-refractivity contribution >= 4 is 5.95 Å². The number of piperazine rings is 1. The maximum absolute atomic E-state index is 10.4. The van der Waals surface area contributed by atoms with Gasteiger partial charge < -0.3 is 14.7 Å². The summed E-state index contributed by atoms with van der Waals surface area (Å²) in [5, 5.41) is 10.4. The molecule has 0 radical (unpaired) electrons. The van der Waals surface area contributed by atoms with Gasteiger partial charge in [-0.2, -0.15) is 0 Å². The van der Waals surface area contributed by atoms with Crippen LogP contribution in [0.4, 0.5) is 5.95 Å². The molecule has 0 amide bonds. The normalized spacial score (nSPS) is 16.8. The van der Waals surface area contributed by atoms with Gasteiger partial charge in [-0.05, 0) is 35.6 Å². The first kappa shape index (κ1) is 20.6. The van der Waals surface area contributed by atoms with E-state index >= 15 is 0 Å². The Labute approximate surface area is 168 Å². The SMILES string of the molecule is Cc1cc(C(C)(C)C)ccc1OCC(O)CN1CCN(c2ncccn2)CC1. The van der Waals surface area contributed by atoms with Gasteiger partial charge >= 0.3 is 0 Å². The van der Waals surface area contributed by atoms with Crippen LogP contribution < -0.4 is 9.64 Å². The van der Waals surface area contributed by atoms with Gasteiger partial charge in [-0.15, -0.1) is 0 Å². The number of rotatable bonds is 6. The first-order chi connectivity index (χ1) is 13.3. The van der Waals surface area contributed by atoms with Gasteiger partial charge in [0.25, 0.3) is 0 Å². The lowest BCUT2D eigenvalue weighted by Crippen LogP contribution is -2.49. The van der Waals surface area contributed by atoms with Crippen LogP contribution in [0.15, 0.2) is 36.7 Å². The van der Waals surface area contributed by atoms with Crippen molar-refractivity contribution in [3.05, 3.63) is 47.8 Å². The highest BCUT2D eigenvalue weighted by atomic mass is 16.5. The predicted molar refractivity (Wildman–Crippen MR) is 112 cm³/mol. The van der Waals surface area contributed by atoms with E-state index in [0.29, 0.717) is 13.2 Å². The van der Waals surface area contributed by atoms with Gasteiger partial charge in [0, 0.05) is 45.1 Å². The number of β-amino-alcohol motifs (C(OH)–C–C–N with tert-alkyl or cyclic N) is 1. The highest BCUT2D eigenvalue weighted by Crippen LogP contribution is 2.27. The average Bonchev–Trinajstić information content (AvgIpc) is 2.67. The lowest BCUT2D eigenvalue weighted by molar-refractivity contribution is 0.0660. The summed E-state index contributed by atoms with van der Waals surface area (Å²) in [6.07, 6.45) is 3.03. The third-order valence-electron chi connectivity index (χ3n) is 5.15. The van der Waals surface area contributed by atoms with E-state index in [1.807, 2.05) is 12.1 Å². The van der Waals surface area contributed by atoms with Gasteiger partial charge in [-0.25, -0.2) is 9.97 Å². The number of hydrogen-bond donors (Lipinski definition) is 1. The molecule has 152 valence electrons. The lowest BCUT2D eigenvalue weighted by Gasteiger charge is -2.35. The molecule has 28 heavy (non-hydrogen) atoms. The van der Waals surface area contributed by atoms with Crippen molar-refractivity contribution in [1.29, 1.82) is 0 Å². The second-order valence-electron chi connectivity index (χ2n) is 8.53. The highest BCUT2D eigenvalue weighted by Gasteiger charge is 2.21. The van der Waals surface area contributed by atoms with Gasteiger partial charge in [0.2, 0.25) is 5.95 Å². The van der Waals surface area contributed by atoms with E-state index in [1.165, 1.54) is 5.56 Å². The maximum Gasteiger partial charge on any atom is 0.225 e. The van der Waals surface area contributed by atoms with Gasteiger partial charge in [0.15, 0.2) is 0 Å². The van der Waals surface area contributed by atoms with Crippen LogP contribution in [-0.2, 0) is 5.41 Å². The quantitative estimate of drug-likeness (QED) is 0.826. The van der Waals surface area contributed by atoms with Crippen molar-refractivity contribution in [2.24, 2.45) is 0 Å². The number of aliphatic hydroxyl groups is 1. The molecule has 0 bridgehead atoms. The third-order valence-corrected chi connectivity index (χ3v) is 5.15. The zero-order valence-electron chi connectivity index (χ0n) is 17.4. The van der Waals surface area contributed by atoms with Crippen molar-refractivity contribution < 1.29 is 9.84 Å². The molecule has 2 aromatic rings. The summed E-state index contributed by atoms with van der Waals surface area (Å²) in [4.78, 5) is 13.1. The van der Waals surface area contributed by atoms with Crippen LogP contribution in [0, 0.1) is 6.92 Å². The molecule has 1 atom stereocenters. The molecule has 1 unspecified atom stereocenters. The molecule has 0 saturated carbocycles. The molecular weight excluding hydrogens is 352 g/mol. The second kappa shape index (κ2) is 8.88. The Morgan fingerprint density at radius 3 is 2.39 bits per heavy atom. The number of ether oxygens (including phenoxy) is 1. The fourth-order valence-corrected chi connectivity index (χ4v) is 3.40. The molecule has 1 fully saturated rings. The Hall–Kier alpha value is -2.18. The van der Waals surface area contributed by atoms with Gasteiger partial charge in [-0.1, -0.05) is 32.9 Å². The monoisotopic (exact) mass is 384 g/mol. The summed E-state index contributed by atoms with van der Waals surface area (Å²) in [6.45, 7) is 13.1. The minimum atomic E-state index is -0.513. The first-order valence-electron chi connectivity index (χ1n) is 9.99. The van der Waals surface area contributed by atoms with Crippen LogP contribution in [0.25, 0.3) is 0 Å². The van der Waals surface area contributed by atoms with E-state index in [2.05, 4.69) is 59.6 Å². The Morgan fingerprint density at radius 2 is 1.79 bits per heavy atom. The van der Waals surface area contributed by atoms with Gasteiger partial charge in [0.05, 0.1) is 0 Å². The van der Waals surface area contributed by atoms with Crippen LogP contribution >= 0.6 is 0 Å². The van der Waals surface area contributed by atoms with E-state index in [0.717, 1.165) is 43.4 Å². The van der Waals surface area contributed by atoms with Gasteiger partial charge in [-0.3, -0.25) is 4.90 Å². The maximum atomic E-state index is 10.4. The van der Waals surface area contributed by atoms with E-state index in [9.17, 15) is 5.11 Å². The van der Waals surface area contributed by atoms with Crippen molar-refractivity contribution in [3.8, 4) is 5.75 Å². The molecule has 0 spiro atoms. The number of hydrogen-bond acceptors (Lipinski definition) is 6. The fourth-order valence-electron chi connectivity index (χ4n) is 3.40. The Kier molecular flexibility index (Phi) is 6.52. The van der Waals surface area contributed by atoms with E-state index < -0.39 is 6.10 Å². The second-order valence-corrected chi connectivity index (χ2v) is 8.53. The standard InChI is InChI=1S/C22H32N4O2/c1-17-14-18(22(2,3)4)6-7-20(17)28-16-19(27)15-25-10-12-26(13-11-25)21-23-8-5-9-24-21/h5-9,14,19,27H,10-13,15-16H2,1-4H3. The Morgan fingerprint density at radius 1 is 1.11 bits per heavy atom. The van der Waals surface area contributed by atoms with Crippen molar-refractivity contribution in [2.75, 3.05) is 44.2 Å². The predicted octanol–water partition coefficient (Wildman–Crippen LogP) is 2.64. The van der Waals surface area contributed by atoms with E-state index in [-0.39, 0.29) is 5.41 Å². The zero-order chi connectivity index (χ0) is 20.1. The summed E-state index contributed by atoms with van der Waals surface area (Å²) < 4.78 is 5.89. The molecule has 6 heteroatoms. The number of anilines is 1. The Balaban J connectivity index is 1.45. The minimum Gasteiger partial charge on any atom is -0.491 e. The number of aryl methyl sites for hydroxylation is 1. The molecule has 2 heterocycles. The summed E-state index contributed by atoms with van der Waals surface area (Å²) in [5.41, 5.74) is 2.52. The summed E-state index contributed by atoms with van der Waals surface area (Å²) >= 11 is 0. The van der Waals surface area contributed by atoms with Crippen LogP contribution in [0.1, 0.15) is 31.9 Å². The highest BCUT2D eigenvalue weighted by molar-refractivity contribution is 5.38. The summed E-state index contributed by atoms with van der Waals surface area (Å²) in [5.74, 6) is 1.62. The van der Waals surface area contributed by atoms with Gasteiger partial charge in [0.1, 0.15) is 18.5 Å². The van der Waals surface area contributed by atoms with Crippen molar-refractivity contribution in [2.45, 2.75) is 39.2 Å². The minimum absolute atomic E-state index is 0.121. The number of nitrogens with zero attached hydrogens (tertiary/aromatic N) is 4. The molecule has 1 N–H and O–H groups in total. The molecule has 1 aliphatic heterocycles. The number of benzene rings is 1. The zero-order valence-corrected chi connectivity index (χ0v) is 17.4. The molecule has 1 aliphatic rings. The largest absolute Gasteiger partial charge is 0.491 e. The molecule has 1 aromatic carbocycles. The molecular formula is C22H32N4O2. The summed E-state index contributed by atoms with van der Waals surface area (Å²) in [7, 11) is 0. The molecule has 1 saturated heterocycles. The lowest BCUT2D eigenvalue weighted by atomic mass is 9.86. The molecule has 1 aromatic heterocycles. The van der Waals surface area contributed by atoms with Crippen LogP contribution in [0.3, 0.4) is 0 Å². The van der Waals surface area contributed by atoms with Crippen molar-refractivity contribution in [1.82, 2.24) is 14.9 Å². The van der Waals surface area contributed by atoms with E-state index in [1.54, 1.807) is 12.4 Å². The molecule has 0 aliphatic carbocycles. The number of aliphatic hydroxyl groups excluding tert-OH is 1. The van der Waals surface area contributed by atoms with Crippen LogP contribution in [-0.4, -0.2) is 65.4 Å². The average molecular weight is 385 g/mol. The number of aromatic nitrogens is 2. The molecule has 3 rings (SSSR count). The Bertz CT molecular complexity index is 753. The van der Waals surface area contributed by atoms with Crippen LogP contribution in [0.5, 0.6) is 5.75 Å². The van der Waals surface area contributed by atoms with E-state index in [4.69, 9.17) is 4.74 Å². The van der Waals surface area contributed by atoms with Crippen molar-refractivity contribution in [3.63, 3.8) is 0 Å². The van der Waals surface area contributed by atoms with Crippen LogP contribution in [0.2, 0.25) is 0 Å². The molecule has 6 nitrogen and oxygen atoms in total. The fraction of sp³-hybridized carbons (Fsp3) is 0.545. The topological polar surface area (TPSA) is 61.7 Å². The first-order valence-corrected chi connectivity index (χ1v) is 9.99. The summed E-state index contributed by atoms with van der Waals surface area (Å²) in [6, 6.07) is 8.13.